The van der Waals surface area contributed by atoms with Crippen molar-refractivity contribution in [1.29, 1.82) is 0 Å². The summed E-state index contributed by atoms with van der Waals surface area (Å²) < 4.78 is 10.6. The molecule has 26 heavy (non-hydrogen) atoms. The van der Waals surface area contributed by atoms with Crippen LogP contribution in [0, 0.1) is 20.8 Å². The summed E-state index contributed by atoms with van der Waals surface area (Å²) in [6.07, 6.45) is 0. The number of ether oxygens (including phenoxy) is 2. The number of carbonyl (C=O) groups excluding carboxylic acids is 2. The number of hydrogen-bond donors (Lipinski definition) is 2. The number of rotatable bonds is 7. The van der Waals surface area contributed by atoms with E-state index in [0.29, 0.717) is 24.4 Å². The number of nitrogens with two attached hydrogens (primary N) is 1. The quantitative estimate of drug-likeness (QED) is 0.452. The molecular weight excluding hydrogens is 332 g/mol. The van der Waals surface area contributed by atoms with Gasteiger partial charge < -0.3 is 20.5 Å². The molecule has 0 aliphatic rings. The second-order valence-corrected chi connectivity index (χ2v) is 6.11. The number of nitrogens with one attached hydrogen (secondary N) is 1. The molecule has 3 N–H and O–H groups in total. The zero-order chi connectivity index (χ0) is 19.1. The van der Waals surface area contributed by atoms with E-state index in [1.165, 1.54) is 11.6 Å². The van der Waals surface area contributed by atoms with Gasteiger partial charge in [0.05, 0.1) is 12.1 Å². The van der Waals surface area contributed by atoms with Gasteiger partial charge in [0, 0.05) is 5.69 Å². The van der Waals surface area contributed by atoms with Crippen molar-refractivity contribution < 1.29 is 19.1 Å². The topological polar surface area (TPSA) is 90.6 Å². The molecule has 0 saturated heterocycles. The SMILES string of the molecule is Cc1ccc(OCCNC(=O)COC(=O)c2ccc(C)c(N)c2)c(C)c1. The summed E-state index contributed by atoms with van der Waals surface area (Å²) in [5, 5.41) is 2.65. The number of aryl methyl sites for hydroxylation is 3. The fraction of sp³-hybridized carbons (Fsp3) is 0.300. The Labute approximate surface area is 153 Å². The third kappa shape index (κ3) is 5.51. The Morgan fingerprint density at radius 1 is 1.04 bits per heavy atom. The van der Waals surface area contributed by atoms with E-state index < -0.39 is 5.97 Å². The first-order valence-corrected chi connectivity index (χ1v) is 8.37. The normalized spacial score (nSPS) is 10.3. The Morgan fingerprint density at radius 3 is 2.50 bits per heavy atom. The molecule has 2 aromatic carbocycles. The van der Waals surface area contributed by atoms with Crippen LogP contribution in [0.1, 0.15) is 27.0 Å². The smallest absolute Gasteiger partial charge is 0.338 e. The molecule has 2 rings (SSSR count). The van der Waals surface area contributed by atoms with Gasteiger partial charge in [0.15, 0.2) is 6.61 Å². The van der Waals surface area contributed by atoms with Gasteiger partial charge in [-0.3, -0.25) is 4.79 Å². The van der Waals surface area contributed by atoms with Gasteiger partial charge in [0.25, 0.3) is 5.91 Å². The van der Waals surface area contributed by atoms with E-state index in [1.54, 1.807) is 12.1 Å². The lowest BCUT2D eigenvalue weighted by molar-refractivity contribution is -0.124. The van der Waals surface area contributed by atoms with Crippen LogP contribution >= 0.6 is 0 Å². The van der Waals surface area contributed by atoms with E-state index in [0.717, 1.165) is 16.9 Å². The third-order valence-corrected chi connectivity index (χ3v) is 3.86. The van der Waals surface area contributed by atoms with Crippen LogP contribution in [0.3, 0.4) is 0 Å². The van der Waals surface area contributed by atoms with Crippen molar-refractivity contribution >= 4 is 17.6 Å². The summed E-state index contributed by atoms with van der Waals surface area (Å²) >= 11 is 0. The second kappa shape index (κ2) is 8.89. The molecule has 0 aliphatic heterocycles. The molecule has 138 valence electrons. The standard InChI is InChI=1S/C20H24N2O4/c1-13-4-7-18(15(3)10-13)25-9-8-22-19(23)12-26-20(24)16-6-5-14(2)17(21)11-16/h4-7,10-11H,8-9,12,21H2,1-3H3,(H,22,23). The van der Waals surface area contributed by atoms with Crippen LogP contribution in [0.15, 0.2) is 36.4 Å². The summed E-state index contributed by atoms with van der Waals surface area (Å²) in [7, 11) is 0. The predicted molar refractivity (Wildman–Crippen MR) is 100 cm³/mol. The molecule has 0 saturated carbocycles. The Bertz CT molecular complexity index is 802. The van der Waals surface area contributed by atoms with Crippen molar-refractivity contribution in [3.05, 3.63) is 58.7 Å². The summed E-state index contributed by atoms with van der Waals surface area (Å²) in [6, 6.07) is 10.8. The van der Waals surface area contributed by atoms with Crippen LogP contribution in [-0.4, -0.2) is 31.6 Å². The fourth-order valence-corrected chi connectivity index (χ4v) is 2.35. The second-order valence-electron chi connectivity index (χ2n) is 6.11. The molecule has 1 amide bonds. The van der Waals surface area contributed by atoms with Gasteiger partial charge in [-0.2, -0.15) is 0 Å². The highest BCUT2D eigenvalue weighted by atomic mass is 16.5. The van der Waals surface area contributed by atoms with Crippen LogP contribution in [-0.2, 0) is 9.53 Å². The zero-order valence-corrected chi connectivity index (χ0v) is 15.3. The van der Waals surface area contributed by atoms with Crippen molar-refractivity contribution in [2.45, 2.75) is 20.8 Å². The van der Waals surface area contributed by atoms with Gasteiger partial charge >= 0.3 is 5.97 Å². The lowest BCUT2D eigenvalue weighted by atomic mass is 10.1. The average molecular weight is 356 g/mol. The molecule has 0 heterocycles. The highest BCUT2D eigenvalue weighted by molar-refractivity contribution is 5.92. The Morgan fingerprint density at radius 2 is 1.81 bits per heavy atom. The number of esters is 1. The summed E-state index contributed by atoms with van der Waals surface area (Å²) in [5.74, 6) is -0.186. The number of carbonyl (C=O) groups is 2. The number of anilines is 1. The largest absolute Gasteiger partial charge is 0.491 e. The van der Waals surface area contributed by atoms with Gasteiger partial charge in [-0.1, -0.05) is 23.8 Å². The molecule has 0 aliphatic carbocycles. The van der Waals surface area contributed by atoms with E-state index in [9.17, 15) is 9.59 Å². The fourth-order valence-electron chi connectivity index (χ4n) is 2.35. The predicted octanol–water partition coefficient (Wildman–Crippen LogP) is 2.55. The van der Waals surface area contributed by atoms with Crippen molar-refractivity contribution in [3.63, 3.8) is 0 Å². The first-order valence-electron chi connectivity index (χ1n) is 8.37. The highest BCUT2D eigenvalue weighted by Gasteiger charge is 2.11. The maximum atomic E-state index is 11.9. The van der Waals surface area contributed by atoms with Crippen molar-refractivity contribution in [1.82, 2.24) is 5.32 Å². The minimum Gasteiger partial charge on any atom is -0.491 e. The minimum absolute atomic E-state index is 0.319. The molecular formula is C20H24N2O4. The Kier molecular flexibility index (Phi) is 6.60. The van der Waals surface area contributed by atoms with Gasteiger partial charge in [-0.25, -0.2) is 4.79 Å². The number of nitrogen functional groups attached to an aromatic ring is 1. The monoisotopic (exact) mass is 356 g/mol. The zero-order valence-electron chi connectivity index (χ0n) is 15.3. The van der Waals surface area contributed by atoms with Gasteiger partial charge in [0.2, 0.25) is 0 Å². The van der Waals surface area contributed by atoms with Crippen LogP contribution in [0.5, 0.6) is 5.75 Å². The lowest BCUT2D eigenvalue weighted by Crippen LogP contribution is -2.32. The molecule has 0 atom stereocenters. The number of amides is 1. The van der Waals surface area contributed by atoms with E-state index >= 15 is 0 Å². The molecule has 6 nitrogen and oxygen atoms in total. The third-order valence-electron chi connectivity index (χ3n) is 3.86. The lowest BCUT2D eigenvalue weighted by Gasteiger charge is -2.11. The van der Waals surface area contributed by atoms with Crippen LogP contribution in [0.2, 0.25) is 0 Å². The van der Waals surface area contributed by atoms with E-state index in [2.05, 4.69) is 5.32 Å². The van der Waals surface area contributed by atoms with Crippen molar-refractivity contribution in [2.24, 2.45) is 0 Å². The molecule has 0 unspecified atom stereocenters. The first kappa shape index (κ1) is 19.3. The van der Waals surface area contributed by atoms with Crippen LogP contribution in [0.4, 0.5) is 5.69 Å². The minimum atomic E-state index is -0.585. The molecule has 2 aromatic rings. The maximum Gasteiger partial charge on any atom is 0.338 e. The van der Waals surface area contributed by atoms with Gasteiger partial charge in [-0.05, 0) is 50.1 Å². The number of hydrogen-bond acceptors (Lipinski definition) is 5. The van der Waals surface area contributed by atoms with Gasteiger partial charge in [-0.15, -0.1) is 0 Å². The van der Waals surface area contributed by atoms with Crippen LogP contribution in [0.25, 0.3) is 0 Å². The molecule has 0 bridgehead atoms. The summed E-state index contributed by atoms with van der Waals surface area (Å²) in [4.78, 5) is 23.7. The van der Waals surface area contributed by atoms with Crippen molar-refractivity contribution in [2.75, 3.05) is 25.5 Å². The van der Waals surface area contributed by atoms with Gasteiger partial charge in [0.1, 0.15) is 12.4 Å². The summed E-state index contributed by atoms with van der Waals surface area (Å²) in [6.45, 7) is 6.13. The Balaban J connectivity index is 1.70. The van der Waals surface area contributed by atoms with E-state index in [1.807, 2.05) is 39.0 Å². The highest BCUT2D eigenvalue weighted by Crippen LogP contribution is 2.18. The van der Waals surface area contributed by atoms with E-state index in [-0.39, 0.29) is 12.5 Å². The molecule has 0 fully saturated rings. The molecule has 0 aromatic heterocycles. The number of benzene rings is 2. The van der Waals surface area contributed by atoms with Crippen LogP contribution < -0.4 is 15.8 Å². The maximum absolute atomic E-state index is 11.9. The Hall–Kier alpha value is -3.02. The molecule has 0 spiro atoms. The molecule has 6 heteroatoms. The summed E-state index contributed by atoms with van der Waals surface area (Å²) in [5.41, 5.74) is 9.68. The first-order chi connectivity index (χ1) is 12.4. The molecule has 0 radical (unpaired) electrons. The van der Waals surface area contributed by atoms with Crippen molar-refractivity contribution in [3.8, 4) is 5.75 Å². The van der Waals surface area contributed by atoms with E-state index in [4.69, 9.17) is 15.2 Å². The average Bonchev–Trinajstić information content (AvgIpc) is 2.60.